The van der Waals surface area contributed by atoms with Gasteiger partial charge in [0.25, 0.3) is 0 Å². The lowest BCUT2D eigenvalue weighted by Crippen LogP contribution is -2.10. The Morgan fingerprint density at radius 2 is 1.80 bits per heavy atom. The van der Waals surface area contributed by atoms with Crippen LogP contribution in [-0.4, -0.2) is 12.9 Å². The summed E-state index contributed by atoms with van der Waals surface area (Å²) >= 11 is 0. The predicted octanol–water partition coefficient (Wildman–Crippen LogP) is 2.98. The van der Waals surface area contributed by atoms with Crippen molar-refractivity contribution in [2.24, 2.45) is 5.73 Å². The van der Waals surface area contributed by atoms with Crippen LogP contribution < -0.4 is 15.2 Å². The monoisotopic (exact) mass is 292 g/mol. The fourth-order valence-corrected chi connectivity index (χ4v) is 1.64. The van der Waals surface area contributed by atoms with Crippen LogP contribution in [0.25, 0.3) is 0 Å². The fraction of sp³-hybridized carbons (Fsp3) is 0.133. The molecule has 3 N–H and O–H groups in total. The first kappa shape index (κ1) is 15.9. The highest BCUT2D eigenvalue weighted by molar-refractivity contribution is 5.95. The van der Waals surface area contributed by atoms with Crippen LogP contribution in [-0.2, 0) is 6.61 Å². The van der Waals surface area contributed by atoms with Crippen molar-refractivity contribution in [3.05, 3.63) is 59.7 Å². The van der Waals surface area contributed by atoms with E-state index in [1.165, 1.54) is 0 Å². The van der Waals surface area contributed by atoms with E-state index in [0.717, 1.165) is 11.3 Å². The molecule has 106 valence electrons. The summed E-state index contributed by atoms with van der Waals surface area (Å²) in [6, 6.07) is 14.9. The largest absolute Gasteiger partial charge is 0.497 e. The van der Waals surface area contributed by atoms with Gasteiger partial charge in [-0.25, -0.2) is 0 Å². The maximum absolute atomic E-state index is 7.38. The van der Waals surface area contributed by atoms with E-state index in [-0.39, 0.29) is 18.2 Å². The molecule has 5 heteroatoms. The Kier molecular flexibility index (Phi) is 5.87. The zero-order valence-corrected chi connectivity index (χ0v) is 11.9. The fourth-order valence-electron chi connectivity index (χ4n) is 1.64. The predicted molar refractivity (Wildman–Crippen MR) is 82.0 cm³/mol. The minimum absolute atomic E-state index is 0. The van der Waals surface area contributed by atoms with Crippen LogP contribution in [0.5, 0.6) is 11.5 Å². The van der Waals surface area contributed by atoms with E-state index in [0.29, 0.717) is 17.9 Å². The molecule has 0 atom stereocenters. The third kappa shape index (κ3) is 4.17. The van der Waals surface area contributed by atoms with Crippen LogP contribution in [0.4, 0.5) is 0 Å². The molecule has 0 bridgehead atoms. The Hall–Kier alpha value is -2.20. The van der Waals surface area contributed by atoms with Gasteiger partial charge in [0.15, 0.2) is 0 Å². The average molecular weight is 293 g/mol. The van der Waals surface area contributed by atoms with Crippen LogP contribution in [0.3, 0.4) is 0 Å². The summed E-state index contributed by atoms with van der Waals surface area (Å²) in [6.07, 6.45) is 0. The highest BCUT2D eigenvalue weighted by Gasteiger charge is 2.00. The Labute approximate surface area is 124 Å². The molecule has 0 aliphatic rings. The molecule has 0 saturated heterocycles. The second-order valence-corrected chi connectivity index (χ2v) is 4.08. The number of nitrogens with two attached hydrogens (primary N) is 1. The number of rotatable bonds is 5. The SMILES string of the molecule is COc1ccc(COc2cccc(C(=N)N)c2)cc1.Cl. The zero-order chi connectivity index (χ0) is 13.7. The maximum atomic E-state index is 7.38. The Morgan fingerprint density at radius 3 is 2.40 bits per heavy atom. The number of hydrogen-bond acceptors (Lipinski definition) is 3. The normalized spacial score (nSPS) is 9.45. The summed E-state index contributed by atoms with van der Waals surface area (Å²) in [5, 5.41) is 7.38. The lowest BCUT2D eigenvalue weighted by molar-refractivity contribution is 0.306. The number of halogens is 1. The highest BCUT2D eigenvalue weighted by Crippen LogP contribution is 2.16. The quantitative estimate of drug-likeness (QED) is 0.657. The second-order valence-electron chi connectivity index (χ2n) is 4.08. The van der Waals surface area contributed by atoms with Crippen molar-refractivity contribution in [3.63, 3.8) is 0 Å². The van der Waals surface area contributed by atoms with E-state index in [1.807, 2.05) is 36.4 Å². The standard InChI is InChI=1S/C15H16N2O2.ClH/c1-18-13-7-5-11(6-8-13)10-19-14-4-2-3-12(9-14)15(16)17;/h2-9H,10H2,1H3,(H3,16,17);1H. The van der Waals surface area contributed by atoms with E-state index in [4.69, 9.17) is 20.6 Å². The second kappa shape index (κ2) is 7.40. The van der Waals surface area contributed by atoms with Gasteiger partial charge in [0.05, 0.1) is 7.11 Å². The van der Waals surface area contributed by atoms with Crippen LogP contribution in [0.1, 0.15) is 11.1 Å². The Balaban J connectivity index is 0.00000200. The van der Waals surface area contributed by atoms with Gasteiger partial charge in [0.1, 0.15) is 23.9 Å². The summed E-state index contributed by atoms with van der Waals surface area (Å²) in [5.41, 5.74) is 7.15. The van der Waals surface area contributed by atoms with Crippen molar-refractivity contribution in [2.45, 2.75) is 6.61 Å². The van der Waals surface area contributed by atoms with Gasteiger partial charge >= 0.3 is 0 Å². The number of nitrogens with one attached hydrogen (secondary N) is 1. The molecule has 0 aromatic heterocycles. The number of amidine groups is 1. The van der Waals surface area contributed by atoms with E-state index >= 15 is 0 Å². The first-order chi connectivity index (χ1) is 9.19. The molecule has 4 nitrogen and oxygen atoms in total. The maximum Gasteiger partial charge on any atom is 0.122 e. The van der Waals surface area contributed by atoms with Crippen LogP contribution in [0.2, 0.25) is 0 Å². The van der Waals surface area contributed by atoms with Gasteiger partial charge in [-0.2, -0.15) is 0 Å². The summed E-state index contributed by atoms with van der Waals surface area (Å²) < 4.78 is 10.8. The molecule has 0 spiro atoms. The van der Waals surface area contributed by atoms with Crippen LogP contribution in [0.15, 0.2) is 48.5 Å². The smallest absolute Gasteiger partial charge is 0.122 e. The molecule has 2 aromatic rings. The highest BCUT2D eigenvalue weighted by atomic mass is 35.5. The Morgan fingerprint density at radius 1 is 1.10 bits per heavy atom. The van der Waals surface area contributed by atoms with E-state index in [2.05, 4.69) is 0 Å². The van der Waals surface area contributed by atoms with Gasteiger partial charge in [-0.1, -0.05) is 24.3 Å². The van der Waals surface area contributed by atoms with Crippen molar-refractivity contribution in [2.75, 3.05) is 7.11 Å². The number of nitrogen functional groups attached to an aromatic ring is 1. The lowest BCUT2D eigenvalue weighted by Gasteiger charge is -2.08. The number of hydrogen-bond donors (Lipinski definition) is 2. The molecule has 2 aromatic carbocycles. The third-order valence-electron chi connectivity index (χ3n) is 2.71. The molecular weight excluding hydrogens is 276 g/mol. The van der Waals surface area contributed by atoms with Crippen molar-refractivity contribution >= 4 is 18.2 Å². The van der Waals surface area contributed by atoms with Crippen molar-refractivity contribution < 1.29 is 9.47 Å². The van der Waals surface area contributed by atoms with Gasteiger partial charge < -0.3 is 15.2 Å². The molecule has 0 fully saturated rings. The van der Waals surface area contributed by atoms with Crippen molar-refractivity contribution in [1.29, 1.82) is 5.41 Å². The molecule has 0 unspecified atom stereocenters. The minimum Gasteiger partial charge on any atom is -0.497 e. The third-order valence-corrected chi connectivity index (χ3v) is 2.71. The number of benzene rings is 2. The summed E-state index contributed by atoms with van der Waals surface area (Å²) in [5.74, 6) is 1.56. The molecule has 0 amide bonds. The number of ether oxygens (including phenoxy) is 2. The lowest BCUT2D eigenvalue weighted by atomic mass is 10.2. The summed E-state index contributed by atoms with van der Waals surface area (Å²) in [7, 11) is 1.64. The molecule has 0 aliphatic heterocycles. The summed E-state index contributed by atoms with van der Waals surface area (Å²) in [4.78, 5) is 0. The topological polar surface area (TPSA) is 68.3 Å². The van der Waals surface area contributed by atoms with Crippen LogP contribution in [0, 0.1) is 5.41 Å². The van der Waals surface area contributed by atoms with Gasteiger partial charge in [0, 0.05) is 5.56 Å². The van der Waals surface area contributed by atoms with Gasteiger partial charge in [-0.3, -0.25) is 5.41 Å². The average Bonchev–Trinajstić information content (AvgIpc) is 2.46. The molecule has 2 rings (SSSR count). The van der Waals surface area contributed by atoms with Crippen molar-refractivity contribution in [1.82, 2.24) is 0 Å². The molecule has 0 aliphatic carbocycles. The van der Waals surface area contributed by atoms with Crippen LogP contribution >= 0.6 is 12.4 Å². The van der Waals surface area contributed by atoms with E-state index in [1.54, 1.807) is 19.2 Å². The van der Waals surface area contributed by atoms with E-state index in [9.17, 15) is 0 Å². The molecule has 20 heavy (non-hydrogen) atoms. The minimum atomic E-state index is 0. The van der Waals surface area contributed by atoms with Crippen molar-refractivity contribution in [3.8, 4) is 11.5 Å². The molecule has 0 saturated carbocycles. The first-order valence-electron chi connectivity index (χ1n) is 5.89. The first-order valence-corrected chi connectivity index (χ1v) is 5.89. The number of methoxy groups -OCH3 is 1. The molecule has 0 radical (unpaired) electrons. The Bertz CT molecular complexity index is 570. The molecule has 0 heterocycles. The van der Waals surface area contributed by atoms with Gasteiger partial charge in [-0.15, -0.1) is 12.4 Å². The zero-order valence-electron chi connectivity index (χ0n) is 11.1. The summed E-state index contributed by atoms with van der Waals surface area (Å²) in [6.45, 7) is 0.464. The van der Waals surface area contributed by atoms with E-state index < -0.39 is 0 Å². The van der Waals surface area contributed by atoms with Gasteiger partial charge in [-0.05, 0) is 29.8 Å². The molecular formula is C15H17ClN2O2. The van der Waals surface area contributed by atoms with Gasteiger partial charge in [0.2, 0.25) is 0 Å².